The topological polar surface area (TPSA) is 61.4 Å². The van der Waals surface area contributed by atoms with Gasteiger partial charge in [-0.15, -0.1) is 0 Å². The van der Waals surface area contributed by atoms with Gasteiger partial charge < -0.3 is 5.32 Å². The zero-order valence-electron chi connectivity index (χ0n) is 13.2. The first kappa shape index (κ1) is 15.5. The number of nitrogens with one attached hydrogen (secondary N) is 1. The summed E-state index contributed by atoms with van der Waals surface area (Å²) in [5, 5.41) is 3.95. The van der Waals surface area contributed by atoms with Crippen molar-refractivity contribution in [2.45, 2.75) is 6.04 Å². The van der Waals surface area contributed by atoms with Crippen molar-refractivity contribution in [3.63, 3.8) is 0 Å². The highest BCUT2D eigenvalue weighted by Crippen LogP contribution is 2.23. The molecule has 1 N–H and O–H groups in total. The van der Waals surface area contributed by atoms with Gasteiger partial charge in [-0.3, -0.25) is 14.6 Å². The van der Waals surface area contributed by atoms with Gasteiger partial charge in [-0.2, -0.15) is 0 Å². The normalized spacial score (nSPS) is 21.6. The van der Waals surface area contributed by atoms with E-state index in [4.69, 9.17) is 11.6 Å². The number of fused-ring (bicyclic) bond motifs is 1. The third-order valence-electron chi connectivity index (χ3n) is 4.55. The Morgan fingerprint density at radius 3 is 2.75 bits per heavy atom. The van der Waals surface area contributed by atoms with Crippen molar-refractivity contribution in [3.8, 4) is 11.1 Å². The molecule has 7 heteroatoms. The summed E-state index contributed by atoms with van der Waals surface area (Å²) in [5.41, 5.74) is 1.84. The molecule has 24 heavy (non-hydrogen) atoms. The van der Waals surface area contributed by atoms with Crippen LogP contribution in [0.25, 0.3) is 11.1 Å². The fourth-order valence-electron chi connectivity index (χ4n) is 3.25. The van der Waals surface area contributed by atoms with E-state index in [2.05, 4.69) is 20.2 Å². The van der Waals surface area contributed by atoms with Crippen LogP contribution in [0, 0.1) is 0 Å². The Labute approximate surface area is 145 Å². The number of rotatable bonds is 2. The van der Waals surface area contributed by atoms with Gasteiger partial charge in [0.25, 0.3) is 0 Å². The summed E-state index contributed by atoms with van der Waals surface area (Å²) in [5.74, 6) is 0.542. The average molecular weight is 344 g/mol. The molecule has 2 fully saturated rings. The first-order valence-electron chi connectivity index (χ1n) is 8.06. The minimum Gasteiger partial charge on any atom is -0.313 e. The molecule has 1 aromatic heterocycles. The molecule has 0 saturated carbocycles. The Kier molecular flexibility index (Phi) is 4.18. The number of carbonyl (C=O) groups is 1. The smallest absolute Gasteiger partial charge is 0.248 e. The summed E-state index contributed by atoms with van der Waals surface area (Å²) >= 11 is 6.03. The van der Waals surface area contributed by atoms with Crippen molar-refractivity contribution in [2.75, 3.05) is 37.6 Å². The summed E-state index contributed by atoms with van der Waals surface area (Å²) in [6.07, 6.45) is 3.49. The maximum absolute atomic E-state index is 12.7. The van der Waals surface area contributed by atoms with Gasteiger partial charge in [0.2, 0.25) is 11.9 Å². The van der Waals surface area contributed by atoms with Crippen molar-refractivity contribution < 1.29 is 4.79 Å². The van der Waals surface area contributed by atoms with Crippen LogP contribution in [0.1, 0.15) is 0 Å². The summed E-state index contributed by atoms with van der Waals surface area (Å²) in [6, 6.07) is 7.45. The molecule has 0 radical (unpaired) electrons. The van der Waals surface area contributed by atoms with Crippen LogP contribution in [0.4, 0.5) is 5.95 Å². The molecule has 1 atom stereocenters. The molecule has 4 rings (SSSR count). The second kappa shape index (κ2) is 6.47. The van der Waals surface area contributed by atoms with Crippen LogP contribution in [-0.2, 0) is 4.79 Å². The lowest BCUT2D eigenvalue weighted by molar-refractivity contribution is -0.126. The van der Waals surface area contributed by atoms with Crippen LogP contribution < -0.4 is 10.2 Å². The molecule has 6 nitrogen and oxygen atoms in total. The van der Waals surface area contributed by atoms with Gasteiger partial charge >= 0.3 is 0 Å². The zero-order valence-corrected chi connectivity index (χ0v) is 13.9. The molecule has 1 amide bonds. The van der Waals surface area contributed by atoms with Gasteiger partial charge in [0.05, 0.1) is 0 Å². The van der Waals surface area contributed by atoms with Gasteiger partial charge in [0.1, 0.15) is 6.04 Å². The number of amides is 1. The SMILES string of the molecule is O=C1[C@@H]2CNCCN2CCN1c1ncc(-c2cccc(Cl)c2)cn1. The van der Waals surface area contributed by atoms with E-state index in [0.29, 0.717) is 24.1 Å². The molecule has 0 unspecified atom stereocenters. The summed E-state index contributed by atoms with van der Waals surface area (Å²) in [4.78, 5) is 25.4. The Morgan fingerprint density at radius 1 is 1.12 bits per heavy atom. The fraction of sp³-hybridized carbons (Fsp3) is 0.353. The molecular weight excluding hydrogens is 326 g/mol. The average Bonchev–Trinajstić information content (AvgIpc) is 2.63. The molecule has 3 heterocycles. The van der Waals surface area contributed by atoms with Gasteiger partial charge in [-0.05, 0) is 17.7 Å². The number of hydrogen-bond donors (Lipinski definition) is 1. The predicted molar refractivity (Wildman–Crippen MR) is 93.1 cm³/mol. The van der Waals surface area contributed by atoms with Crippen LogP contribution in [-0.4, -0.2) is 59.5 Å². The molecule has 0 bridgehead atoms. The van der Waals surface area contributed by atoms with E-state index >= 15 is 0 Å². The Bertz CT molecular complexity index is 751. The van der Waals surface area contributed by atoms with Gasteiger partial charge in [-0.1, -0.05) is 23.7 Å². The Hall–Kier alpha value is -2.02. The quantitative estimate of drug-likeness (QED) is 0.893. The first-order valence-corrected chi connectivity index (χ1v) is 8.44. The van der Waals surface area contributed by atoms with E-state index in [-0.39, 0.29) is 11.9 Å². The lowest BCUT2D eigenvalue weighted by Gasteiger charge is -2.42. The molecule has 1 aromatic carbocycles. The highest BCUT2D eigenvalue weighted by atomic mass is 35.5. The summed E-state index contributed by atoms with van der Waals surface area (Å²) < 4.78 is 0. The second-order valence-corrected chi connectivity index (χ2v) is 6.46. The number of piperazine rings is 2. The van der Waals surface area contributed by atoms with Crippen molar-refractivity contribution in [1.82, 2.24) is 20.2 Å². The molecular formula is C17H18ClN5O. The molecule has 0 aliphatic carbocycles. The monoisotopic (exact) mass is 343 g/mol. The highest BCUT2D eigenvalue weighted by Gasteiger charge is 2.37. The Morgan fingerprint density at radius 2 is 1.96 bits per heavy atom. The minimum atomic E-state index is -0.108. The van der Waals surface area contributed by atoms with Crippen LogP contribution in [0.3, 0.4) is 0 Å². The van der Waals surface area contributed by atoms with Gasteiger partial charge in [0, 0.05) is 55.7 Å². The standard InChI is InChI=1S/C17H18ClN5O/c18-14-3-1-2-12(8-14)13-9-20-17(21-10-13)23-7-6-22-5-4-19-11-15(22)16(23)24/h1-3,8-10,15,19H,4-7,11H2/t15-/m0/s1. The van der Waals surface area contributed by atoms with E-state index in [0.717, 1.165) is 30.8 Å². The zero-order chi connectivity index (χ0) is 16.5. The van der Waals surface area contributed by atoms with Crippen molar-refractivity contribution in [3.05, 3.63) is 41.7 Å². The van der Waals surface area contributed by atoms with Gasteiger partial charge in [0.15, 0.2) is 0 Å². The molecule has 2 aromatic rings. The number of anilines is 1. The number of carbonyl (C=O) groups excluding carboxylic acids is 1. The maximum Gasteiger partial charge on any atom is 0.248 e. The minimum absolute atomic E-state index is 0.0731. The van der Waals surface area contributed by atoms with Crippen molar-refractivity contribution in [2.24, 2.45) is 0 Å². The van der Waals surface area contributed by atoms with Crippen LogP contribution >= 0.6 is 11.6 Å². The summed E-state index contributed by atoms with van der Waals surface area (Å²) in [7, 11) is 0. The number of aromatic nitrogens is 2. The molecule has 2 aliphatic rings. The van der Waals surface area contributed by atoms with Crippen LogP contribution in [0.5, 0.6) is 0 Å². The van der Waals surface area contributed by atoms with Crippen molar-refractivity contribution in [1.29, 1.82) is 0 Å². The number of nitrogens with zero attached hydrogens (tertiary/aromatic N) is 4. The third kappa shape index (κ3) is 2.88. The van der Waals surface area contributed by atoms with Gasteiger partial charge in [-0.25, -0.2) is 9.97 Å². The van der Waals surface area contributed by atoms with E-state index in [1.54, 1.807) is 17.3 Å². The molecule has 0 spiro atoms. The first-order chi connectivity index (χ1) is 11.7. The third-order valence-corrected chi connectivity index (χ3v) is 4.79. The lowest BCUT2D eigenvalue weighted by atomic mass is 10.1. The fourth-order valence-corrected chi connectivity index (χ4v) is 3.44. The van der Waals surface area contributed by atoms with Crippen LogP contribution in [0.2, 0.25) is 5.02 Å². The largest absolute Gasteiger partial charge is 0.313 e. The number of halogens is 1. The lowest BCUT2D eigenvalue weighted by Crippen LogP contribution is -2.64. The second-order valence-electron chi connectivity index (χ2n) is 6.03. The molecule has 2 aliphatic heterocycles. The van der Waals surface area contributed by atoms with E-state index in [1.165, 1.54) is 0 Å². The molecule has 124 valence electrons. The maximum atomic E-state index is 12.7. The number of hydrogen-bond acceptors (Lipinski definition) is 5. The highest BCUT2D eigenvalue weighted by molar-refractivity contribution is 6.30. The summed E-state index contributed by atoms with van der Waals surface area (Å²) in [6.45, 7) is 4.03. The van der Waals surface area contributed by atoms with E-state index < -0.39 is 0 Å². The molecule has 2 saturated heterocycles. The van der Waals surface area contributed by atoms with E-state index in [1.807, 2.05) is 24.3 Å². The van der Waals surface area contributed by atoms with E-state index in [9.17, 15) is 4.79 Å². The van der Waals surface area contributed by atoms with Crippen molar-refractivity contribution >= 4 is 23.5 Å². The Balaban J connectivity index is 1.55. The van der Waals surface area contributed by atoms with Crippen LogP contribution in [0.15, 0.2) is 36.7 Å². The predicted octanol–water partition coefficient (Wildman–Crippen LogP) is 1.42. The number of benzene rings is 1.